The lowest BCUT2D eigenvalue weighted by Crippen LogP contribution is -2.10. The van der Waals surface area contributed by atoms with Crippen molar-refractivity contribution in [2.75, 3.05) is 0 Å². The highest BCUT2D eigenvalue weighted by Crippen LogP contribution is 2.19. The summed E-state index contributed by atoms with van der Waals surface area (Å²) >= 11 is 0. The third-order valence-electron chi connectivity index (χ3n) is 0.764. The fourth-order valence-corrected chi connectivity index (χ4v) is 0.253. The Labute approximate surface area is 31.0 Å². The Hall–Kier alpha value is -0.0700. The van der Waals surface area contributed by atoms with Crippen molar-refractivity contribution in [1.29, 1.82) is 0 Å². The first-order valence-corrected chi connectivity index (χ1v) is 1.77. The molecule has 1 heteroatoms. The van der Waals surface area contributed by atoms with Crippen LogP contribution in [0, 0.1) is 6.42 Å². The molecule has 5 heavy (non-hydrogen) atoms. The van der Waals surface area contributed by atoms with E-state index in [0.29, 0.717) is 6.42 Å². The van der Waals surface area contributed by atoms with Gasteiger partial charge >= 0.3 is 0 Å². The summed E-state index contributed by atoms with van der Waals surface area (Å²) in [6, 6.07) is 0. The molecule has 0 saturated heterocycles. The van der Waals surface area contributed by atoms with Gasteiger partial charge in [-0.3, -0.25) is 0 Å². The molecule has 28 valence electrons. The molecule has 0 aliphatic heterocycles. The van der Waals surface area contributed by atoms with Crippen LogP contribution < -0.4 is 0 Å². The monoisotopic (exact) mass is 72.0 g/mol. The fraction of sp³-hybridized carbons (Fsp3) is 0.750. The van der Waals surface area contributed by atoms with Crippen molar-refractivity contribution in [3.63, 3.8) is 0 Å². The summed E-state index contributed by atoms with van der Waals surface area (Å²) in [6.07, 6.45) is 3.43. The van der Waals surface area contributed by atoms with Gasteiger partial charge in [0.05, 0.1) is 0 Å². The van der Waals surface area contributed by atoms with Crippen molar-refractivity contribution in [3.8, 4) is 0 Å². The van der Waals surface area contributed by atoms with E-state index in [9.17, 15) is 4.39 Å². The highest BCUT2D eigenvalue weighted by molar-refractivity contribution is 4.86. The van der Waals surface area contributed by atoms with Gasteiger partial charge < -0.3 is 0 Å². The smallest absolute Gasteiger partial charge is 0.107 e. The molecule has 1 aliphatic carbocycles. The number of rotatable bonds is 0. The summed E-state index contributed by atoms with van der Waals surface area (Å²) in [5, 5.41) is 0. The summed E-state index contributed by atoms with van der Waals surface area (Å²) in [5.41, 5.74) is 0. The van der Waals surface area contributed by atoms with Crippen LogP contribution in [0.4, 0.5) is 4.39 Å². The molecule has 0 amide bonds. The van der Waals surface area contributed by atoms with Crippen molar-refractivity contribution in [1.82, 2.24) is 0 Å². The van der Waals surface area contributed by atoms with E-state index in [1.807, 2.05) is 0 Å². The average molecular weight is 72.1 g/mol. The van der Waals surface area contributed by atoms with Crippen molar-refractivity contribution >= 4 is 0 Å². The molecule has 0 nitrogen and oxygen atoms in total. The second kappa shape index (κ2) is 0.959. The predicted molar refractivity (Wildman–Crippen MR) is 17.4 cm³/mol. The molecule has 0 bridgehead atoms. The molecular weight excluding hydrogens is 67.0 g/mol. The lowest BCUT2D eigenvalue weighted by molar-refractivity contribution is 0.288. The van der Waals surface area contributed by atoms with Crippen LogP contribution >= 0.6 is 0 Å². The second-order valence-electron chi connectivity index (χ2n) is 1.21. The summed E-state index contributed by atoms with van der Waals surface area (Å²) in [4.78, 5) is 0. The van der Waals surface area contributed by atoms with E-state index in [2.05, 4.69) is 6.42 Å². The number of hydrogen-bond donors (Lipinski definition) is 0. The molecular formula is C4H5F. The van der Waals surface area contributed by atoms with Crippen LogP contribution in [-0.2, 0) is 0 Å². The van der Waals surface area contributed by atoms with Gasteiger partial charge in [0.2, 0.25) is 0 Å². The van der Waals surface area contributed by atoms with Crippen LogP contribution in [0.25, 0.3) is 0 Å². The van der Waals surface area contributed by atoms with Crippen LogP contribution in [0.3, 0.4) is 0 Å². The van der Waals surface area contributed by atoms with Crippen LogP contribution in [0.15, 0.2) is 0 Å². The van der Waals surface area contributed by atoms with Crippen LogP contribution in [0.5, 0.6) is 0 Å². The number of hydrogen-bond acceptors (Lipinski definition) is 0. The van der Waals surface area contributed by atoms with E-state index in [4.69, 9.17) is 0 Å². The van der Waals surface area contributed by atoms with E-state index < -0.39 is 6.17 Å². The predicted octanol–water partition coefficient (Wildman–Crippen LogP) is 1.20. The number of alkyl halides is 1. The minimum atomic E-state index is -0.685. The SMILES string of the molecule is FC1[C]CC1. The summed E-state index contributed by atoms with van der Waals surface area (Å²) in [6.45, 7) is 0. The maximum Gasteiger partial charge on any atom is 0.107 e. The van der Waals surface area contributed by atoms with Crippen molar-refractivity contribution in [2.24, 2.45) is 0 Å². The molecule has 2 radical (unpaired) electrons. The lowest BCUT2D eigenvalue weighted by Gasteiger charge is -2.13. The maximum absolute atomic E-state index is 11.4. The average Bonchev–Trinajstić information content (AvgIpc) is 1.30. The van der Waals surface area contributed by atoms with Gasteiger partial charge in [-0.25, -0.2) is 4.39 Å². The van der Waals surface area contributed by atoms with Gasteiger partial charge in [0.15, 0.2) is 0 Å². The highest BCUT2D eigenvalue weighted by Gasteiger charge is 2.15. The van der Waals surface area contributed by atoms with Gasteiger partial charge in [-0.05, 0) is 12.8 Å². The molecule has 1 saturated carbocycles. The minimum absolute atomic E-state index is 0.685. The quantitative estimate of drug-likeness (QED) is 0.403. The molecule has 0 aromatic carbocycles. The zero-order valence-electron chi connectivity index (χ0n) is 2.87. The van der Waals surface area contributed by atoms with Crippen molar-refractivity contribution in [2.45, 2.75) is 19.0 Å². The van der Waals surface area contributed by atoms with Gasteiger partial charge in [-0.1, -0.05) is 0 Å². The van der Waals surface area contributed by atoms with Crippen LogP contribution in [0.2, 0.25) is 0 Å². The normalized spacial score (nSPS) is 25.8. The Bertz CT molecular complexity index is 30.6. The first-order chi connectivity index (χ1) is 2.39. The zero-order valence-corrected chi connectivity index (χ0v) is 2.87. The molecule has 0 aromatic rings. The van der Waals surface area contributed by atoms with Crippen molar-refractivity contribution in [3.05, 3.63) is 6.42 Å². The zero-order chi connectivity index (χ0) is 3.70. The van der Waals surface area contributed by atoms with Gasteiger partial charge in [0.1, 0.15) is 6.17 Å². The highest BCUT2D eigenvalue weighted by atomic mass is 19.1. The van der Waals surface area contributed by atoms with Crippen LogP contribution in [0.1, 0.15) is 12.8 Å². The third kappa shape index (κ3) is 0.416. The second-order valence-corrected chi connectivity index (χ2v) is 1.21. The molecule has 1 unspecified atom stereocenters. The summed E-state index contributed by atoms with van der Waals surface area (Å²) in [5.74, 6) is 0. The molecule has 1 atom stereocenters. The Balaban J connectivity index is 2.08. The Morgan fingerprint density at radius 3 is 2.20 bits per heavy atom. The number of halogens is 1. The molecule has 0 spiro atoms. The molecule has 1 aliphatic rings. The third-order valence-corrected chi connectivity index (χ3v) is 0.764. The Morgan fingerprint density at radius 2 is 2.20 bits per heavy atom. The van der Waals surface area contributed by atoms with Crippen molar-refractivity contribution < 1.29 is 4.39 Å². The van der Waals surface area contributed by atoms with Gasteiger partial charge in [-0.2, -0.15) is 0 Å². The summed E-state index contributed by atoms with van der Waals surface area (Å²) < 4.78 is 11.4. The summed E-state index contributed by atoms with van der Waals surface area (Å²) in [7, 11) is 0. The van der Waals surface area contributed by atoms with E-state index in [1.165, 1.54) is 0 Å². The topological polar surface area (TPSA) is 0 Å². The minimum Gasteiger partial charge on any atom is -0.247 e. The Kier molecular flexibility index (Phi) is 0.601. The molecule has 1 rings (SSSR count). The maximum atomic E-state index is 11.4. The van der Waals surface area contributed by atoms with E-state index >= 15 is 0 Å². The Morgan fingerprint density at radius 1 is 1.80 bits per heavy atom. The van der Waals surface area contributed by atoms with Gasteiger partial charge in [0, 0.05) is 6.42 Å². The largest absolute Gasteiger partial charge is 0.247 e. The van der Waals surface area contributed by atoms with Crippen LogP contribution in [-0.4, -0.2) is 6.17 Å². The van der Waals surface area contributed by atoms with E-state index in [0.717, 1.165) is 6.42 Å². The first kappa shape index (κ1) is 3.13. The van der Waals surface area contributed by atoms with Gasteiger partial charge in [-0.15, -0.1) is 0 Å². The molecule has 0 N–H and O–H groups in total. The fourth-order valence-electron chi connectivity index (χ4n) is 0.253. The van der Waals surface area contributed by atoms with E-state index in [-0.39, 0.29) is 0 Å². The first-order valence-electron chi connectivity index (χ1n) is 1.77. The molecule has 0 aromatic heterocycles. The van der Waals surface area contributed by atoms with E-state index in [1.54, 1.807) is 0 Å². The lowest BCUT2D eigenvalue weighted by atomic mass is 9.98. The molecule has 0 heterocycles. The standard InChI is InChI=1S/C4H5F/c5-4-2-1-3-4/h4H,1-2H2. The van der Waals surface area contributed by atoms with Gasteiger partial charge in [0.25, 0.3) is 0 Å². The molecule has 1 fully saturated rings.